The van der Waals surface area contributed by atoms with Crippen LogP contribution in [0.2, 0.25) is 0 Å². The predicted octanol–water partition coefficient (Wildman–Crippen LogP) is 5.63. The molecule has 0 unspecified atom stereocenters. The van der Waals surface area contributed by atoms with Crippen molar-refractivity contribution in [1.29, 1.82) is 0 Å². The molecule has 0 atom stereocenters. The molecule has 0 aliphatic rings. The second kappa shape index (κ2) is 17.4. The quantitative estimate of drug-likeness (QED) is 0.317. The van der Waals surface area contributed by atoms with Gasteiger partial charge in [0.2, 0.25) is 0 Å². The molecule has 0 spiro atoms. The summed E-state index contributed by atoms with van der Waals surface area (Å²) >= 11 is 0. The van der Waals surface area contributed by atoms with E-state index in [9.17, 15) is 0 Å². The molecule has 0 aromatic carbocycles. The van der Waals surface area contributed by atoms with Crippen LogP contribution in [0.3, 0.4) is 0 Å². The molecule has 0 aliphatic heterocycles. The molecule has 1 heteroatoms. The molecule has 1 nitrogen and oxygen atoms in total. The molecule has 112 valence electrons. The molecule has 0 fully saturated rings. The topological polar surface area (TPSA) is 12.0 Å². The molecule has 0 saturated carbocycles. The van der Waals surface area contributed by atoms with E-state index >= 15 is 0 Å². The molecule has 0 aromatic heterocycles. The first-order valence-electron chi connectivity index (χ1n) is 8.42. The van der Waals surface area contributed by atoms with E-state index < -0.39 is 0 Å². The Hall–Kier alpha value is -0.560. The largest absolute Gasteiger partial charge is 0.316 e. The van der Waals surface area contributed by atoms with Gasteiger partial charge >= 0.3 is 0 Å². The van der Waals surface area contributed by atoms with Crippen molar-refractivity contribution in [3.8, 4) is 0 Å². The first-order valence-corrected chi connectivity index (χ1v) is 8.42. The Kier molecular flexibility index (Phi) is 16.9. The molecule has 0 heterocycles. The van der Waals surface area contributed by atoms with Gasteiger partial charge in [-0.2, -0.15) is 0 Å². The lowest BCUT2D eigenvalue weighted by Gasteiger charge is -1.99. The average Bonchev–Trinajstić information content (AvgIpc) is 2.43. The highest BCUT2D eigenvalue weighted by Gasteiger charge is 1.85. The maximum absolute atomic E-state index is 3.49. The van der Waals surface area contributed by atoms with Crippen LogP contribution >= 0.6 is 0 Å². The summed E-state index contributed by atoms with van der Waals surface area (Å²) in [6.45, 7) is 6.75. The number of hydrogen-bond donors (Lipinski definition) is 1. The summed E-state index contributed by atoms with van der Waals surface area (Å²) in [5.41, 5.74) is 0. The average molecular weight is 265 g/mol. The Labute approximate surface area is 121 Å². The van der Waals surface area contributed by atoms with E-state index in [1.807, 2.05) is 0 Å². The standard InChI is InChI=1S/C18H35N/c1-3-5-7-9-11-13-15-17-19-18-16-14-12-10-8-6-4-2/h11-14,19H,3-10,15-18H2,1-2H3/b13-11+,14-12+. The van der Waals surface area contributed by atoms with E-state index in [0.29, 0.717) is 0 Å². The normalized spacial score (nSPS) is 11.9. The van der Waals surface area contributed by atoms with Crippen LogP contribution < -0.4 is 5.32 Å². The zero-order valence-electron chi connectivity index (χ0n) is 13.3. The Balaban J connectivity index is 3.09. The number of rotatable bonds is 14. The van der Waals surface area contributed by atoms with Crippen LogP contribution in [-0.2, 0) is 0 Å². The molecule has 0 saturated heterocycles. The minimum Gasteiger partial charge on any atom is -0.316 e. The molecule has 0 amide bonds. The minimum atomic E-state index is 1.12. The molecule has 0 radical (unpaired) electrons. The van der Waals surface area contributed by atoms with E-state index in [4.69, 9.17) is 0 Å². The van der Waals surface area contributed by atoms with Gasteiger partial charge in [0.05, 0.1) is 0 Å². The summed E-state index contributed by atoms with van der Waals surface area (Å²) in [6.07, 6.45) is 22.3. The number of nitrogens with one attached hydrogen (secondary N) is 1. The lowest BCUT2D eigenvalue weighted by atomic mass is 10.2. The summed E-state index contributed by atoms with van der Waals surface area (Å²) < 4.78 is 0. The zero-order chi connectivity index (χ0) is 14.0. The number of unbranched alkanes of at least 4 members (excludes halogenated alkanes) is 6. The van der Waals surface area contributed by atoms with E-state index in [0.717, 1.165) is 13.1 Å². The third-order valence-electron chi connectivity index (χ3n) is 3.26. The Bertz CT molecular complexity index is 184. The third kappa shape index (κ3) is 17.4. The Morgan fingerprint density at radius 2 is 1.00 bits per heavy atom. The van der Waals surface area contributed by atoms with Crippen molar-refractivity contribution in [1.82, 2.24) is 5.32 Å². The number of allylic oxidation sites excluding steroid dienone is 2. The van der Waals surface area contributed by atoms with Crippen molar-refractivity contribution in [3.63, 3.8) is 0 Å². The predicted molar refractivity (Wildman–Crippen MR) is 88.7 cm³/mol. The van der Waals surface area contributed by atoms with Crippen LogP contribution in [0.1, 0.15) is 78.1 Å². The molecule has 19 heavy (non-hydrogen) atoms. The van der Waals surface area contributed by atoms with Crippen molar-refractivity contribution >= 4 is 0 Å². The van der Waals surface area contributed by atoms with Crippen LogP contribution in [0.25, 0.3) is 0 Å². The summed E-state index contributed by atoms with van der Waals surface area (Å²) in [7, 11) is 0. The second-order valence-corrected chi connectivity index (χ2v) is 5.26. The van der Waals surface area contributed by atoms with Crippen molar-refractivity contribution in [2.45, 2.75) is 78.1 Å². The minimum absolute atomic E-state index is 1.12. The summed E-state index contributed by atoms with van der Waals surface area (Å²) in [5, 5.41) is 3.49. The lowest BCUT2D eigenvalue weighted by Crippen LogP contribution is -2.15. The van der Waals surface area contributed by atoms with E-state index in [2.05, 4.69) is 43.5 Å². The highest BCUT2D eigenvalue weighted by molar-refractivity contribution is 4.84. The van der Waals surface area contributed by atoms with Crippen molar-refractivity contribution in [2.75, 3.05) is 13.1 Å². The van der Waals surface area contributed by atoms with Gasteiger partial charge < -0.3 is 5.32 Å². The molecule has 0 bridgehead atoms. The van der Waals surface area contributed by atoms with Crippen LogP contribution in [0.5, 0.6) is 0 Å². The van der Waals surface area contributed by atoms with Gasteiger partial charge in [-0.15, -0.1) is 0 Å². The van der Waals surface area contributed by atoms with Gasteiger partial charge in [-0.1, -0.05) is 63.8 Å². The van der Waals surface area contributed by atoms with Gasteiger partial charge in [-0.25, -0.2) is 0 Å². The smallest absolute Gasteiger partial charge is 0.00141 e. The van der Waals surface area contributed by atoms with Crippen LogP contribution in [0, 0.1) is 0 Å². The fourth-order valence-electron chi connectivity index (χ4n) is 1.99. The monoisotopic (exact) mass is 265 g/mol. The van der Waals surface area contributed by atoms with Gasteiger partial charge in [-0.05, 0) is 51.6 Å². The molecule has 0 aromatic rings. The molecule has 1 N–H and O–H groups in total. The lowest BCUT2D eigenvalue weighted by molar-refractivity contribution is 0.690. The van der Waals surface area contributed by atoms with Crippen LogP contribution in [-0.4, -0.2) is 13.1 Å². The van der Waals surface area contributed by atoms with E-state index in [1.165, 1.54) is 64.2 Å². The summed E-state index contributed by atoms with van der Waals surface area (Å²) in [6, 6.07) is 0. The maximum Gasteiger partial charge on any atom is -0.00141 e. The number of hydrogen-bond acceptors (Lipinski definition) is 1. The van der Waals surface area contributed by atoms with Gasteiger partial charge in [0, 0.05) is 0 Å². The van der Waals surface area contributed by atoms with Crippen LogP contribution in [0.4, 0.5) is 0 Å². The SMILES string of the molecule is CCCCC/C=C/CCNCC/C=C/CCCCC. The molecule has 0 aliphatic carbocycles. The van der Waals surface area contributed by atoms with Gasteiger partial charge in [0.25, 0.3) is 0 Å². The maximum atomic E-state index is 3.49. The fourth-order valence-corrected chi connectivity index (χ4v) is 1.99. The second-order valence-electron chi connectivity index (χ2n) is 5.26. The van der Waals surface area contributed by atoms with E-state index in [-0.39, 0.29) is 0 Å². The first kappa shape index (κ1) is 18.4. The summed E-state index contributed by atoms with van der Waals surface area (Å²) in [5.74, 6) is 0. The van der Waals surface area contributed by atoms with Crippen molar-refractivity contribution in [2.24, 2.45) is 0 Å². The zero-order valence-corrected chi connectivity index (χ0v) is 13.3. The van der Waals surface area contributed by atoms with Gasteiger partial charge in [-0.3, -0.25) is 0 Å². The van der Waals surface area contributed by atoms with Crippen molar-refractivity contribution in [3.05, 3.63) is 24.3 Å². The highest BCUT2D eigenvalue weighted by Crippen LogP contribution is 2.00. The third-order valence-corrected chi connectivity index (χ3v) is 3.26. The molecular formula is C18H35N. The fraction of sp³-hybridized carbons (Fsp3) is 0.778. The highest BCUT2D eigenvalue weighted by atomic mass is 14.8. The Morgan fingerprint density at radius 3 is 1.42 bits per heavy atom. The van der Waals surface area contributed by atoms with Gasteiger partial charge in [0.15, 0.2) is 0 Å². The Morgan fingerprint density at radius 1 is 0.579 bits per heavy atom. The van der Waals surface area contributed by atoms with Gasteiger partial charge in [0.1, 0.15) is 0 Å². The van der Waals surface area contributed by atoms with Crippen LogP contribution in [0.15, 0.2) is 24.3 Å². The first-order chi connectivity index (χ1) is 9.41. The molecule has 0 rings (SSSR count). The summed E-state index contributed by atoms with van der Waals surface area (Å²) in [4.78, 5) is 0. The van der Waals surface area contributed by atoms with Crippen molar-refractivity contribution < 1.29 is 0 Å². The molecular weight excluding hydrogens is 230 g/mol. The van der Waals surface area contributed by atoms with E-state index in [1.54, 1.807) is 0 Å².